The SMILES string of the molecule is CCCc1ncnc(Br)n1. The third-order valence-electron chi connectivity index (χ3n) is 1.07. The number of hydrogen-bond acceptors (Lipinski definition) is 3. The van der Waals surface area contributed by atoms with Gasteiger partial charge in [-0.15, -0.1) is 0 Å². The van der Waals surface area contributed by atoms with Crippen molar-refractivity contribution in [2.75, 3.05) is 0 Å². The molecule has 54 valence electrons. The van der Waals surface area contributed by atoms with E-state index in [1.165, 1.54) is 6.33 Å². The molecule has 4 heteroatoms. The van der Waals surface area contributed by atoms with Crippen LogP contribution in [0.1, 0.15) is 19.2 Å². The van der Waals surface area contributed by atoms with Gasteiger partial charge < -0.3 is 0 Å². The van der Waals surface area contributed by atoms with Gasteiger partial charge in [0.15, 0.2) is 4.73 Å². The molecule has 1 aromatic rings. The van der Waals surface area contributed by atoms with Crippen LogP contribution in [-0.4, -0.2) is 15.0 Å². The summed E-state index contributed by atoms with van der Waals surface area (Å²) in [6.45, 7) is 2.09. The normalized spacial score (nSPS) is 9.80. The van der Waals surface area contributed by atoms with Crippen molar-refractivity contribution in [3.8, 4) is 0 Å². The van der Waals surface area contributed by atoms with E-state index in [0.29, 0.717) is 4.73 Å². The zero-order valence-electron chi connectivity index (χ0n) is 5.71. The van der Waals surface area contributed by atoms with Crippen LogP contribution in [0.2, 0.25) is 0 Å². The van der Waals surface area contributed by atoms with Crippen LogP contribution in [-0.2, 0) is 6.42 Å². The largest absolute Gasteiger partial charge is 0.221 e. The summed E-state index contributed by atoms with van der Waals surface area (Å²) in [5.41, 5.74) is 0. The van der Waals surface area contributed by atoms with Crippen LogP contribution in [0.5, 0.6) is 0 Å². The monoisotopic (exact) mass is 201 g/mol. The van der Waals surface area contributed by atoms with E-state index in [-0.39, 0.29) is 0 Å². The van der Waals surface area contributed by atoms with Gasteiger partial charge in [0.05, 0.1) is 0 Å². The minimum absolute atomic E-state index is 0.617. The first-order valence-electron chi connectivity index (χ1n) is 3.16. The molecule has 0 spiro atoms. The molecule has 0 fully saturated rings. The van der Waals surface area contributed by atoms with Crippen molar-refractivity contribution < 1.29 is 0 Å². The Bertz CT molecular complexity index is 214. The Labute approximate surface area is 68.1 Å². The molecule has 0 aliphatic heterocycles. The maximum absolute atomic E-state index is 4.06. The first kappa shape index (κ1) is 7.60. The van der Waals surface area contributed by atoms with Gasteiger partial charge in [-0.3, -0.25) is 0 Å². The number of nitrogens with zero attached hydrogens (tertiary/aromatic N) is 3. The fraction of sp³-hybridized carbons (Fsp3) is 0.500. The molecule has 0 aliphatic rings. The van der Waals surface area contributed by atoms with Crippen LogP contribution in [0, 0.1) is 0 Å². The van der Waals surface area contributed by atoms with Crippen molar-refractivity contribution in [1.82, 2.24) is 15.0 Å². The van der Waals surface area contributed by atoms with Gasteiger partial charge in [-0.05, 0) is 22.4 Å². The van der Waals surface area contributed by atoms with E-state index in [1.54, 1.807) is 0 Å². The van der Waals surface area contributed by atoms with Gasteiger partial charge >= 0.3 is 0 Å². The zero-order chi connectivity index (χ0) is 7.40. The summed E-state index contributed by atoms with van der Waals surface area (Å²) in [4.78, 5) is 11.9. The zero-order valence-corrected chi connectivity index (χ0v) is 7.30. The minimum Gasteiger partial charge on any atom is -0.221 e. The lowest BCUT2D eigenvalue weighted by Gasteiger charge is -1.93. The van der Waals surface area contributed by atoms with Crippen LogP contribution in [0.4, 0.5) is 0 Å². The Hall–Kier alpha value is -0.510. The average molecular weight is 202 g/mol. The van der Waals surface area contributed by atoms with Crippen LogP contribution >= 0.6 is 15.9 Å². The van der Waals surface area contributed by atoms with Crippen molar-refractivity contribution in [1.29, 1.82) is 0 Å². The predicted molar refractivity (Wildman–Crippen MR) is 41.5 cm³/mol. The van der Waals surface area contributed by atoms with Gasteiger partial charge in [-0.1, -0.05) is 6.92 Å². The van der Waals surface area contributed by atoms with Crippen molar-refractivity contribution in [2.45, 2.75) is 19.8 Å². The summed E-state index contributed by atoms with van der Waals surface area (Å²) < 4.78 is 0.617. The van der Waals surface area contributed by atoms with E-state index in [9.17, 15) is 0 Å². The number of aromatic nitrogens is 3. The van der Waals surface area contributed by atoms with E-state index in [2.05, 4.69) is 37.8 Å². The Kier molecular flexibility index (Phi) is 2.74. The number of rotatable bonds is 2. The Balaban J connectivity index is 2.75. The van der Waals surface area contributed by atoms with Crippen LogP contribution < -0.4 is 0 Å². The molecule has 1 rings (SSSR count). The second-order valence-electron chi connectivity index (χ2n) is 1.92. The molecule has 0 aliphatic carbocycles. The van der Waals surface area contributed by atoms with Crippen molar-refractivity contribution in [2.24, 2.45) is 0 Å². The molecule has 1 heterocycles. The van der Waals surface area contributed by atoms with Gasteiger partial charge in [-0.2, -0.15) is 0 Å². The molecule has 0 saturated heterocycles. The summed E-state index contributed by atoms with van der Waals surface area (Å²) in [6.07, 6.45) is 3.50. The second-order valence-corrected chi connectivity index (χ2v) is 2.63. The van der Waals surface area contributed by atoms with Crippen molar-refractivity contribution in [3.63, 3.8) is 0 Å². The predicted octanol–water partition coefficient (Wildman–Crippen LogP) is 1.59. The first-order valence-corrected chi connectivity index (χ1v) is 3.95. The summed E-state index contributed by atoms with van der Waals surface area (Å²) in [7, 11) is 0. The molecule has 0 N–H and O–H groups in total. The molecule has 0 saturated carbocycles. The minimum atomic E-state index is 0.617. The molecule has 0 atom stereocenters. The standard InChI is InChI=1S/C6H8BrN3/c1-2-3-5-8-4-9-6(7)10-5/h4H,2-3H2,1H3. The highest BCUT2D eigenvalue weighted by Crippen LogP contribution is 2.00. The fourth-order valence-corrected chi connectivity index (χ4v) is 0.948. The van der Waals surface area contributed by atoms with Crippen molar-refractivity contribution in [3.05, 3.63) is 16.9 Å². The number of aryl methyl sites for hydroxylation is 1. The summed E-state index contributed by atoms with van der Waals surface area (Å²) in [5, 5.41) is 0. The Morgan fingerprint density at radius 2 is 2.30 bits per heavy atom. The van der Waals surface area contributed by atoms with E-state index in [0.717, 1.165) is 18.7 Å². The molecule has 3 nitrogen and oxygen atoms in total. The molecular formula is C6H8BrN3. The fourth-order valence-electron chi connectivity index (χ4n) is 0.651. The molecule has 0 unspecified atom stereocenters. The van der Waals surface area contributed by atoms with Gasteiger partial charge in [-0.25, -0.2) is 15.0 Å². The highest BCUT2D eigenvalue weighted by molar-refractivity contribution is 9.10. The molecular weight excluding hydrogens is 194 g/mol. The molecule has 0 amide bonds. The van der Waals surface area contributed by atoms with Crippen LogP contribution in [0.3, 0.4) is 0 Å². The lowest BCUT2D eigenvalue weighted by Crippen LogP contribution is -1.95. The third kappa shape index (κ3) is 2.02. The van der Waals surface area contributed by atoms with Crippen LogP contribution in [0.25, 0.3) is 0 Å². The molecule has 0 radical (unpaired) electrons. The van der Waals surface area contributed by atoms with Gasteiger partial charge in [0.1, 0.15) is 12.2 Å². The van der Waals surface area contributed by atoms with Gasteiger partial charge in [0.2, 0.25) is 0 Å². The second kappa shape index (κ2) is 3.61. The number of hydrogen-bond donors (Lipinski definition) is 0. The summed E-state index contributed by atoms with van der Waals surface area (Å²) in [5.74, 6) is 0.851. The molecule has 10 heavy (non-hydrogen) atoms. The average Bonchev–Trinajstić information content (AvgIpc) is 1.88. The Morgan fingerprint density at radius 3 is 2.90 bits per heavy atom. The maximum atomic E-state index is 4.06. The highest BCUT2D eigenvalue weighted by atomic mass is 79.9. The third-order valence-corrected chi connectivity index (χ3v) is 1.45. The van der Waals surface area contributed by atoms with Crippen molar-refractivity contribution >= 4 is 15.9 Å². The summed E-state index contributed by atoms with van der Waals surface area (Å²) >= 11 is 3.17. The van der Waals surface area contributed by atoms with Crippen LogP contribution in [0.15, 0.2) is 11.1 Å². The van der Waals surface area contributed by atoms with E-state index in [4.69, 9.17) is 0 Å². The lowest BCUT2D eigenvalue weighted by atomic mass is 10.3. The lowest BCUT2D eigenvalue weighted by molar-refractivity contribution is 0.805. The maximum Gasteiger partial charge on any atom is 0.199 e. The van der Waals surface area contributed by atoms with E-state index < -0.39 is 0 Å². The molecule has 1 aromatic heterocycles. The topological polar surface area (TPSA) is 38.7 Å². The van der Waals surface area contributed by atoms with E-state index >= 15 is 0 Å². The van der Waals surface area contributed by atoms with Gasteiger partial charge in [0, 0.05) is 6.42 Å². The highest BCUT2D eigenvalue weighted by Gasteiger charge is 1.94. The molecule has 0 bridgehead atoms. The van der Waals surface area contributed by atoms with Gasteiger partial charge in [0.25, 0.3) is 0 Å². The first-order chi connectivity index (χ1) is 4.83. The smallest absolute Gasteiger partial charge is 0.199 e. The van der Waals surface area contributed by atoms with E-state index in [1.807, 2.05) is 0 Å². The quantitative estimate of drug-likeness (QED) is 0.730. The molecule has 0 aromatic carbocycles. The Morgan fingerprint density at radius 1 is 1.50 bits per heavy atom. The number of halogens is 1. The summed E-state index contributed by atoms with van der Waals surface area (Å²) in [6, 6.07) is 0.